The number of amides is 3. The van der Waals surface area contributed by atoms with Crippen molar-refractivity contribution in [2.24, 2.45) is 0 Å². The average molecular weight is 453 g/mol. The molecule has 0 unspecified atom stereocenters. The highest BCUT2D eigenvalue weighted by Gasteiger charge is 2.41. The second kappa shape index (κ2) is 8.83. The Bertz CT molecular complexity index is 1190. The second-order valence-electron chi connectivity index (χ2n) is 6.73. The highest BCUT2D eigenvalue weighted by atomic mass is 35.5. The van der Waals surface area contributed by atoms with Crippen LogP contribution in [0.5, 0.6) is 0 Å². The minimum absolute atomic E-state index is 0.196. The molecule has 3 amide bonds. The highest BCUT2D eigenvalue weighted by molar-refractivity contribution is 8.03. The van der Waals surface area contributed by atoms with Gasteiger partial charge in [0.05, 0.1) is 33.2 Å². The number of hydrogen-bond donors (Lipinski definition) is 1. The molecule has 31 heavy (non-hydrogen) atoms. The molecule has 6 nitrogen and oxygen atoms in total. The number of imide groups is 1. The van der Waals surface area contributed by atoms with E-state index in [-0.39, 0.29) is 11.5 Å². The number of rotatable bonds is 6. The van der Waals surface area contributed by atoms with E-state index >= 15 is 0 Å². The van der Waals surface area contributed by atoms with Gasteiger partial charge < -0.3 is 9.73 Å². The van der Waals surface area contributed by atoms with E-state index < -0.39 is 11.8 Å². The van der Waals surface area contributed by atoms with Gasteiger partial charge in [-0.1, -0.05) is 35.9 Å². The largest absolute Gasteiger partial charge is 0.468 e. The van der Waals surface area contributed by atoms with Gasteiger partial charge in [0.15, 0.2) is 0 Å². The fourth-order valence-electron chi connectivity index (χ4n) is 3.21. The normalized spacial score (nSPS) is 13.8. The maximum Gasteiger partial charge on any atom is 0.272 e. The van der Waals surface area contributed by atoms with Crippen molar-refractivity contribution in [1.82, 2.24) is 0 Å². The molecular formula is C23H17ClN2O4S. The molecule has 1 aliphatic heterocycles. The van der Waals surface area contributed by atoms with Crippen LogP contribution in [0.2, 0.25) is 5.02 Å². The smallest absolute Gasteiger partial charge is 0.272 e. The van der Waals surface area contributed by atoms with Gasteiger partial charge in [0.25, 0.3) is 11.8 Å². The maximum atomic E-state index is 13.4. The van der Waals surface area contributed by atoms with E-state index in [1.54, 1.807) is 60.9 Å². The molecule has 0 fully saturated rings. The number of carbonyl (C=O) groups is 3. The number of nitrogens with zero attached hydrogens (tertiary/aromatic N) is 1. The monoisotopic (exact) mass is 452 g/mol. The third-order valence-corrected chi connectivity index (χ3v) is 5.98. The minimum Gasteiger partial charge on any atom is -0.468 e. The van der Waals surface area contributed by atoms with Gasteiger partial charge in [-0.15, -0.1) is 11.8 Å². The van der Waals surface area contributed by atoms with E-state index in [0.29, 0.717) is 38.4 Å². The lowest BCUT2D eigenvalue weighted by atomic mass is 10.1. The summed E-state index contributed by atoms with van der Waals surface area (Å²) in [6.45, 7) is 1.42. The molecule has 156 valence electrons. The van der Waals surface area contributed by atoms with E-state index in [4.69, 9.17) is 16.0 Å². The number of nitrogens with one attached hydrogen (secondary N) is 1. The average Bonchev–Trinajstić information content (AvgIpc) is 3.34. The van der Waals surface area contributed by atoms with Crippen molar-refractivity contribution in [3.8, 4) is 0 Å². The molecule has 1 aliphatic rings. The number of thioether (sulfide) groups is 1. The van der Waals surface area contributed by atoms with Gasteiger partial charge in [-0.2, -0.15) is 0 Å². The van der Waals surface area contributed by atoms with Crippen molar-refractivity contribution >= 4 is 58.0 Å². The standard InChI is InChI=1S/C23H17ClN2O4S/c1-14(27)25-16-10-8-15(9-11-16)20-21(31-13-17-5-4-12-30-17)23(29)26(22(20)28)19-7-3-2-6-18(19)24/h2-12H,13H2,1H3,(H,25,27). The molecule has 2 aromatic carbocycles. The van der Waals surface area contributed by atoms with Crippen molar-refractivity contribution in [2.45, 2.75) is 12.7 Å². The lowest BCUT2D eigenvalue weighted by Crippen LogP contribution is -2.31. The first kappa shape index (κ1) is 21.0. The van der Waals surface area contributed by atoms with Crippen LogP contribution >= 0.6 is 23.4 Å². The number of anilines is 2. The Morgan fingerprint density at radius 2 is 1.77 bits per heavy atom. The molecule has 0 aliphatic carbocycles. The molecular weight excluding hydrogens is 436 g/mol. The molecule has 0 atom stereocenters. The molecule has 4 rings (SSSR count). The summed E-state index contributed by atoms with van der Waals surface area (Å²) >= 11 is 7.51. The van der Waals surface area contributed by atoms with Crippen LogP contribution in [0.3, 0.4) is 0 Å². The molecule has 2 heterocycles. The van der Waals surface area contributed by atoms with Gasteiger partial charge in [0.1, 0.15) is 5.76 Å². The summed E-state index contributed by atoms with van der Waals surface area (Å²) in [5, 5.41) is 2.99. The Kier molecular flexibility index (Phi) is 5.97. The van der Waals surface area contributed by atoms with Crippen LogP contribution in [0.1, 0.15) is 18.2 Å². The van der Waals surface area contributed by atoms with Gasteiger partial charge in [0.2, 0.25) is 5.91 Å². The Hall–Kier alpha value is -3.29. The van der Waals surface area contributed by atoms with E-state index in [0.717, 1.165) is 4.90 Å². The number of carbonyl (C=O) groups excluding carboxylic acids is 3. The van der Waals surface area contributed by atoms with Crippen molar-refractivity contribution in [1.29, 1.82) is 0 Å². The first-order chi connectivity index (χ1) is 15.0. The van der Waals surface area contributed by atoms with Crippen LogP contribution in [0.25, 0.3) is 5.57 Å². The van der Waals surface area contributed by atoms with Crippen LogP contribution in [-0.4, -0.2) is 17.7 Å². The van der Waals surface area contributed by atoms with Gasteiger partial charge in [-0.3, -0.25) is 14.4 Å². The second-order valence-corrected chi connectivity index (χ2v) is 8.12. The van der Waals surface area contributed by atoms with E-state index in [1.807, 2.05) is 6.07 Å². The molecule has 1 N–H and O–H groups in total. The van der Waals surface area contributed by atoms with E-state index in [1.165, 1.54) is 18.7 Å². The van der Waals surface area contributed by atoms with Crippen molar-refractivity contribution in [3.05, 3.63) is 88.2 Å². The SMILES string of the molecule is CC(=O)Nc1ccc(C2=C(SCc3ccco3)C(=O)N(c3ccccc3Cl)C2=O)cc1. The molecule has 0 spiro atoms. The molecule has 0 radical (unpaired) electrons. The number of furan rings is 1. The van der Waals surface area contributed by atoms with Gasteiger partial charge in [-0.05, 0) is 42.0 Å². The summed E-state index contributed by atoms with van der Waals surface area (Å²) < 4.78 is 5.37. The minimum atomic E-state index is -0.452. The van der Waals surface area contributed by atoms with Crippen LogP contribution in [0.15, 0.2) is 76.2 Å². The Labute approximate surface area is 187 Å². The summed E-state index contributed by atoms with van der Waals surface area (Å²) in [4.78, 5) is 39.4. The van der Waals surface area contributed by atoms with E-state index in [2.05, 4.69) is 5.32 Å². The fourth-order valence-corrected chi connectivity index (χ4v) is 4.45. The van der Waals surface area contributed by atoms with E-state index in [9.17, 15) is 14.4 Å². The summed E-state index contributed by atoms with van der Waals surface area (Å²) in [6.07, 6.45) is 1.56. The van der Waals surface area contributed by atoms with Crippen molar-refractivity contribution in [3.63, 3.8) is 0 Å². The topological polar surface area (TPSA) is 79.6 Å². The summed E-state index contributed by atoms with van der Waals surface area (Å²) in [7, 11) is 0. The lowest BCUT2D eigenvalue weighted by molar-refractivity contribution is -0.120. The van der Waals surface area contributed by atoms with Crippen LogP contribution in [-0.2, 0) is 20.1 Å². The Morgan fingerprint density at radius 1 is 1.03 bits per heavy atom. The predicted molar refractivity (Wildman–Crippen MR) is 122 cm³/mol. The van der Waals surface area contributed by atoms with Crippen molar-refractivity contribution in [2.75, 3.05) is 10.2 Å². The number of halogens is 1. The molecule has 3 aromatic rings. The fraction of sp³-hybridized carbons (Fsp3) is 0.0870. The van der Waals surface area contributed by atoms with Gasteiger partial charge >= 0.3 is 0 Å². The first-order valence-corrected chi connectivity index (χ1v) is 10.7. The molecule has 0 bridgehead atoms. The Morgan fingerprint density at radius 3 is 2.42 bits per heavy atom. The zero-order valence-corrected chi connectivity index (χ0v) is 18.0. The molecule has 0 saturated heterocycles. The number of hydrogen-bond acceptors (Lipinski definition) is 5. The first-order valence-electron chi connectivity index (χ1n) is 9.36. The maximum absolute atomic E-state index is 13.4. The van der Waals surface area contributed by atoms with Crippen LogP contribution in [0, 0.1) is 0 Å². The van der Waals surface area contributed by atoms with Crippen LogP contribution < -0.4 is 10.2 Å². The highest BCUT2D eigenvalue weighted by Crippen LogP contribution is 2.41. The third-order valence-electron chi connectivity index (χ3n) is 4.57. The van der Waals surface area contributed by atoms with Crippen LogP contribution in [0.4, 0.5) is 11.4 Å². The van der Waals surface area contributed by atoms with Gasteiger partial charge in [0, 0.05) is 12.6 Å². The lowest BCUT2D eigenvalue weighted by Gasteiger charge is -2.16. The zero-order valence-electron chi connectivity index (χ0n) is 16.4. The summed E-state index contributed by atoms with van der Waals surface area (Å²) in [5.41, 5.74) is 1.79. The summed E-state index contributed by atoms with van der Waals surface area (Å²) in [6, 6.07) is 17.1. The Balaban J connectivity index is 1.74. The number of benzene rings is 2. The molecule has 8 heteroatoms. The van der Waals surface area contributed by atoms with Crippen molar-refractivity contribution < 1.29 is 18.8 Å². The third kappa shape index (κ3) is 4.28. The molecule has 0 saturated carbocycles. The predicted octanol–water partition coefficient (Wildman–Crippen LogP) is 5.11. The summed E-state index contributed by atoms with van der Waals surface area (Å²) in [5.74, 6) is 0.00134. The molecule has 1 aromatic heterocycles. The zero-order chi connectivity index (χ0) is 22.0. The quantitative estimate of drug-likeness (QED) is 0.526. The number of para-hydroxylation sites is 1. The van der Waals surface area contributed by atoms with Gasteiger partial charge in [-0.25, -0.2) is 4.90 Å².